The molecule has 0 bridgehead atoms. The van der Waals surface area contributed by atoms with Crippen molar-refractivity contribution in [3.05, 3.63) is 34.9 Å². The highest BCUT2D eigenvalue weighted by atomic mass is 16.1. The average Bonchev–Trinajstić information content (AvgIpc) is 2.41. The molecular formula is C16H25N3O. The van der Waals surface area contributed by atoms with Crippen molar-refractivity contribution in [1.29, 1.82) is 0 Å². The van der Waals surface area contributed by atoms with E-state index in [4.69, 9.17) is 11.5 Å². The van der Waals surface area contributed by atoms with Gasteiger partial charge in [0.15, 0.2) is 0 Å². The highest BCUT2D eigenvalue weighted by molar-refractivity contribution is 5.93. The number of hydrogen-bond acceptors (Lipinski definition) is 3. The summed E-state index contributed by atoms with van der Waals surface area (Å²) in [5, 5.41) is 0. The Hall–Kier alpha value is -1.39. The van der Waals surface area contributed by atoms with Gasteiger partial charge >= 0.3 is 0 Å². The van der Waals surface area contributed by atoms with Gasteiger partial charge in [0.2, 0.25) is 5.91 Å². The van der Waals surface area contributed by atoms with Gasteiger partial charge in [-0.05, 0) is 62.9 Å². The van der Waals surface area contributed by atoms with Gasteiger partial charge in [0, 0.05) is 24.2 Å². The summed E-state index contributed by atoms with van der Waals surface area (Å²) in [4.78, 5) is 13.6. The van der Waals surface area contributed by atoms with Crippen LogP contribution in [-0.2, 0) is 6.54 Å². The van der Waals surface area contributed by atoms with Crippen molar-refractivity contribution in [3.63, 3.8) is 0 Å². The van der Waals surface area contributed by atoms with Crippen molar-refractivity contribution in [3.8, 4) is 0 Å². The molecule has 4 N–H and O–H groups in total. The number of aryl methyl sites for hydroxylation is 1. The van der Waals surface area contributed by atoms with Gasteiger partial charge in [-0.2, -0.15) is 0 Å². The van der Waals surface area contributed by atoms with E-state index in [9.17, 15) is 4.79 Å². The number of nitrogens with two attached hydrogens (primary N) is 2. The summed E-state index contributed by atoms with van der Waals surface area (Å²) in [7, 11) is 2.17. The lowest BCUT2D eigenvalue weighted by atomic mass is 9.90. The molecule has 1 aromatic carbocycles. The third-order valence-corrected chi connectivity index (χ3v) is 4.41. The Morgan fingerprint density at radius 3 is 2.50 bits per heavy atom. The van der Waals surface area contributed by atoms with Crippen LogP contribution in [0.2, 0.25) is 0 Å². The molecule has 4 nitrogen and oxygen atoms in total. The molecule has 1 saturated carbocycles. The summed E-state index contributed by atoms with van der Waals surface area (Å²) in [5.41, 5.74) is 14.2. The van der Waals surface area contributed by atoms with Crippen molar-refractivity contribution < 1.29 is 4.79 Å². The normalized spacial score (nSPS) is 23.0. The van der Waals surface area contributed by atoms with Crippen LogP contribution in [0.5, 0.6) is 0 Å². The van der Waals surface area contributed by atoms with Gasteiger partial charge in [-0.1, -0.05) is 6.07 Å². The minimum absolute atomic E-state index is 0.366. The maximum Gasteiger partial charge on any atom is 0.248 e. The summed E-state index contributed by atoms with van der Waals surface area (Å²) in [6.07, 6.45) is 4.59. The summed E-state index contributed by atoms with van der Waals surface area (Å²) in [5.74, 6) is -0.366. The summed E-state index contributed by atoms with van der Waals surface area (Å²) < 4.78 is 0. The number of carbonyl (C=O) groups is 1. The lowest BCUT2D eigenvalue weighted by Gasteiger charge is -2.33. The van der Waals surface area contributed by atoms with E-state index in [0.29, 0.717) is 17.6 Å². The van der Waals surface area contributed by atoms with E-state index >= 15 is 0 Å². The second kappa shape index (κ2) is 6.37. The van der Waals surface area contributed by atoms with E-state index in [1.54, 1.807) is 0 Å². The van der Waals surface area contributed by atoms with Gasteiger partial charge in [-0.15, -0.1) is 0 Å². The number of carbonyl (C=O) groups excluding carboxylic acids is 1. The molecule has 4 heteroatoms. The zero-order valence-corrected chi connectivity index (χ0v) is 12.4. The molecule has 1 fully saturated rings. The third-order valence-electron chi connectivity index (χ3n) is 4.41. The zero-order valence-electron chi connectivity index (χ0n) is 12.4. The first-order valence-electron chi connectivity index (χ1n) is 7.32. The largest absolute Gasteiger partial charge is 0.366 e. The smallest absolute Gasteiger partial charge is 0.248 e. The summed E-state index contributed by atoms with van der Waals surface area (Å²) in [6, 6.07) is 6.71. The topological polar surface area (TPSA) is 72.4 Å². The predicted molar refractivity (Wildman–Crippen MR) is 81.4 cm³/mol. The maximum absolute atomic E-state index is 11.2. The van der Waals surface area contributed by atoms with Crippen LogP contribution >= 0.6 is 0 Å². The van der Waals surface area contributed by atoms with E-state index in [1.807, 2.05) is 25.1 Å². The number of primary amides is 1. The molecule has 0 spiro atoms. The Morgan fingerprint density at radius 2 is 1.95 bits per heavy atom. The fraction of sp³-hybridized carbons (Fsp3) is 0.562. The van der Waals surface area contributed by atoms with Crippen LogP contribution in [0.3, 0.4) is 0 Å². The number of hydrogen-bond donors (Lipinski definition) is 2. The Bertz CT molecular complexity index is 479. The SMILES string of the molecule is Cc1cc(C(N)=O)ccc1CN(C)C1CCC(N)CC1. The molecule has 0 atom stereocenters. The average molecular weight is 275 g/mol. The van der Waals surface area contributed by atoms with Crippen LogP contribution < -0.4 is 11.5 Å². The molecule has 0 aromatic heterocycles. The predicted octanol–water partition coefficient (Wildman–Crippen LogP) is 1.80. The van der Waals surface area contributed by atoms with E-state index in [2.05, 4.69) is 11.9 Å². The first-order valence-corrected chi connectivity index (χ1v) is 7.32. The minimum atomic E-state index is -0.366. The molecule has 1 aromatic rings. The van der Waals surface area contributed by atoms with E-state index in [-0.39, 0.29) is 5.91 Å². The van der Waals surface area contributed by atoms with Crippen molar-refractivity contribution in [1.82, 2.24) is 4.90 Å². The van der Waals surface area contributed by atoms with Gasteiger partial charge < -0.3 is 11.5 Å². The Balaban J connectivity index is 2.00. The number of nitrogens with zero attached hydrogens (tertiary/aromatic N) is 1. The highest BCUT2D eigenvalue weighted by Gasteiger charge is 2.22. The van der Waals surface area contributed by atoms with Crippen LogP contribution in [-0.4, -0.2) is 29.9 Å². The molecule has 0 saturated heterocycles. The van der Waals surface area contributed by atoms with Gasteiger partial charge in [0.05, 0.1) is 0 Å². The molecule has 0 unspecified atom stereocenters. The molecule has 0 aliphatic heterocycles. The molecule has 0 radical (unpaired) electrons. The Morgan fingerprint density at radius 1 is 1.30 bits per heavy atom. The maximum atomic E-state index is 11.2. The molecule has 1 aliphatic carbocycles. The Kier molecular flexibility index (Phi) is 4.78. The van der Waals surface area contributed by atoms with Gasteiger partial charge in [0.25, 0.3) is 0 Å². The van der Waals surface area contributed by atoms with Crippen LogP contribution in [0.25, 0.3) is 0 Å². The van der Waals surface area contributed by atoms with Crippen molar-refractivity contribution in [2.45, 2.75) is 51.2 Å². The first kappa shape index (κ1) is 15.0. The first-order chi connectivity index (χ1) is 9.47. The van der Waals surface area contributed by atoms with E-state index in [1.165, 1.54) is 18.4 Å². The second-order valence-corrected chi connectivity index (χ2v) is 5.99. The van der Waals surface area contributed by atoms with Crippen molar-refractivity contribution in [2.75, 3.05) is 7.05 Å². The molecule has 0 heterocycles. The molecule has 110 valence electrons. The van der Waals surface area contributed by atoms with Gasteiger partial charge in [0.1, 0.15) is 0 Å². The molecule has 20 heavy (non-hydrogen) atoms. The van der Waals surface area contributed by atoms with Crippen LogP contribution in [0.1, 0.15) is 47.2 Å². The van der Waals surface area contributed by atoms with E-state index < -0.39 is 0 Å². The van der Waals surface area contributed by atoms with Crippen molar-refractivity contribution >= 4 is 5.91 Å². The number of amides is 1. The second-order valence-electron chi connectivity index (χ2n) is 5.99. The monoisotopic (exact) mass is 275 g/mol. The van der Waals surface area contributed by atoms with E-state index in [0.717, 1.165) is 24.9 Å². The third kappa shape index (κ3) is 3.58. The zero-order chi connectivity index (χ0) is 14.7. The number of benzene rings is 1. The minimum Gasteiger partial charge on any atom is -0.366 e. The van der Waals surface area contributed by atoms with Crippen molar-refractivity contribution in [2.24, 2.45) is 11.5 Å². The summed E-state index contributed by atoms with van der Waals surface area (Å²) >= 11 is 0. The van der Waals surface area contributed by atoms with Crippen LogP contribution in [0.15, 0.2) is 18.2 Å². The summed E-state index contributed by atoms with van der Waals surface area (Å²) in [6.45, 7) is 2.94. The number of rotatable bonds is 4. The highest BCUT2D eigenvalue weighted by Crippen LogP contribution is 2.23. The molecular weight excluding hydrogens is 250 g/mol. The fourth-order valence-electron chi connectivity index (χ4n) is 2.97. The standard InChI is InChI=1S/C16H25N3O/c1-11-9-12(16(18)20)3-4-13(11)10-19(2)15-7-5-14(17)6-8-15/h3-4,9,14-15H,5-8,10,17H2,1-2H3,(H2,18,20). The lowest BCUT2D eigenvalue weighted by Crippen LogP contribution is -2.38. The molecule has 1 amide bonds. The fourth-order valence-corrected chi connectivity index (χ4v) is 2.97. The molecule has 2 rings (SSSR count). The Labute approximate surface area is 121 Å². The lowest BCUT2D eigenvalue weighted by molar-refractivity contribution is 0.1000. The quantitative estimate of drug-likeness (QED) is 0.880. The molecule has 1 aliphatic rings. The van der Waals surface area contributed by atoms with Crippen LogP contribution in [0.4, 0.5) is 0 Å². The van der Waals surface area contributed by atoms with Gasteiger partial charge in [-0.25, -0.2) is 0 Å². The van der Waals surface area contributed by atoms with Crippen LogP contribution in [0, 0.1) is 6.92 Å². The van der Waals surface area contributed by atoms with Gasteiger partial charge in [-0.3, -0.25) is 9.69 Å².